The standard InChI is InChI=1S/C10H9N.C6H4/c11-10-6-5-8-3-1-2-4-9(8)7-10;1-2-5-4-6(5)3-1/h1-7H,11H2;1-4H. The lowest BCUT2D eigenvalue weighted by atomic mass is 10.1. The van der Waals surface area contributed by atoms with E-state index >= 15 is 0 Å². The highest BCUT2D eigenvalue weighted by molar-refractivity contribution is 5.85. The topological polar surface area (TPSA) is 26.0 Å². The summed E-state index contributed by atoms with van der Waals surface area (Å²) in [5.41, 5.74) is 9.30. The Kier molecular flexibility index (Phi) is 2.30. The van der Waals surface area contributed by atoms with Gasteiger partial charge in [0.25, 0.3) is 0 Å². The van der Waals surface area contributed by atoms with E-state index < -0.39 is 0 Å². The molecular weight excluding hydrogens is 206 g/mol. The van der Waals surface area contributed by atoms with E-state index in [1.807, 2.05) is 30.3 Å². The zero-order valence-corrected chi connectivity index (χ0v) is 9.43. The molecule has 0 amide bonds. The van der Waals surface area contributed by atoms with Crippen molar-refractivity contribution in [3.8, 4) is 11.1 Å². The summed E-state index contributed by atoms with van der Waals surface area (Å²) in [4.78, 5) is 0. The van der Waals surface area contributed by atoms with Crippen LogP contribution in [0.1, 0.15) is 0 Å². The van der Waals surface area contributed by atoms with Crippen molar-refractivity contribution in [2.24, 2.45) is 0 Å². The van der Waals surface area contributed by atoms with Crippen LogP contribution in [0.15, 0.2) is 66.7 Å². The van der Waals surface area contributed by atoms with Gasteiger partial charge in [-0.1, -0.05) is 48.5 Å². The fraction of sp³-hybridized carbons (Fsp3) is 0. The molecule has 0 aliphatic heterocycles. The molecule has 4 rings (SSSR count). The lowest BCUT2D eigenvalue weighted by Crippen LogP contribution is -1.82. The van der Waals surface area contributed by atoms with Gasteiger partial charge in [-0.2, -0.15) is 0 Å². The van der Waals surface area contributed by atoms with Crippen molar-refractivity contribution in [1.29, 1.82) is 0 Å². The van der Waals surface area contributed by atoms with Gasteiger partial charge in [0.15, 0.2) is 0 Å². The van der Waals surface area contributed by atoms with E-state index in [1.54, 1.807) is 0 Å². The number of nitrogen functional groups attached to an aromatic ring is 1. The second-order valence-corrected chi connectivity index (χ2v) is 4.19. The summed E-state index contributed by atoms with van der Waals surface area (Å²) in [6.07, 6.45) is 0. The summed E-state index contributed by atoms with van der Waals surface area (Å²) in [5.74, 6) is 0. The first-order valence-corrected chi connectivity index (χ1v) is 5.68. The minimum atomic E-state index is 0.823. The second kappa shape index (κ2) is 3.95. The molecule has 1 heteroatoms. The minimum absolute atomic E-state index is 0.823. The quantitative estimate of drug-likeness (QED) is 0.443. The Morgan fingerprint density at radius 1 is 0.588 bits per heavy atom. The molecule has 0 saturated carbocycles. The Morgan fingerprint density at radius 2 is 1.29 bits per heavy atom. The first-order chi connectivity index (χ1) is 8.33. The smallest absolute Gasteiger partial charge is 0.0320 e. The van der Waals surface area contributed by atoms with Crippen molar-refractivity contribution in [1.82, 2.24) is 0 Å². The molecule has 1 nitrogen and oxygen atoms in total. The van der Waals surface area contributed by atoms with Crippen molar-refractivity contribution in [3.63, 3.8) is 0 Å². The molecule has 0 fully saturated rings. The van der Waals surface area contributed by atoms with Gasteiger partial charge in [0.1, 0.15) is 0 Å². The highest BCUT2D eigenvalue weighted by atomic mass is 14.5. The number of hydrogen-bond acceptors (Lipinski definition) is 1. The average molecular weight is 219 g/mol. The van der Waals surface area contributed by atoms with Gasteiger partial charge in [-0.3, -0.25) is 0 Å². The van der Waals surface area contributed by atoms with E-state index in [0.29, 0.717) is 0 Å². The largest absolute Gasteiger partial charge is 0.399 e. The van der Waals surface area contributed by atoms with E-state index in [0.717, 1.165) is 5.69 Å². The third-order valence-electron chi connectivity index (χ3n) is 2.89. The molecule has 2 N–H and O–H groups in total. The molecule has 2 aliphatic rings. The van der Waals surface area contributed by atoms with Crippen LogP contribution in [0.3, 0.4) is 0 Å². The first kappa shape index (κ1) is 9.91. The Labute approximate surface area is 101 Å². The molecule has 82 valence electrons. The zero-order chi connectivity index (χ0) is 11.7. The molecule has 0 atom stereocenters. The van der Waals surface area contributed by atoms with Gasteiger partial charge in [0.05, 0.1) is 0 Å². The summed E-state index contributed by atoms with van der Waals surface area (Å²) in [6, 6.07) is 22.6. The van der Waals surface area contributed by atoms with E-state index in [9.17, 15) is 0 Å². The van der Waals surface area contributed by atoms with Crippen molar-refractivity contribution in [2.45, 2.75) is 0 Å². The maximum absolute atomic E-state index is 5.62. The first-order valence-electron chi connectivity index (χ1n) is 5.68. The molecular formula is C16H13N. The average Bonchev–Trinajstić information content (AvgIpc) is 2.97. The maximum atomic E-state index is 5.62. The van der Waals surface area contributed by atoms with Gasteiger partial charge in [-0.15, -0.1) is 0 Å². The van der Waals surface area contributed by atoms with Crippen LogP contribution in [-0.2, 0) is 0 Å². The van der Waals surface area contributed by atoms with Gasteiger partial charge in [-0.05, 0) is 40.1 Å². The molecule has 0 spiro atoms. The van der Waals surface area contributed by atoms with Crippen LogP contribution in [0.4, 0.5) is 5.69 Å². The SMILES string of the molecule is Nc1ccc2ccccc2c1.c1cc2cc-2c1. The third-order valence-corrected chi connectivity index (χ3v) is 2.89. The van der Waals surface area contributed by atoms with E-state index in [2.05, 4.69) is 36.4 Å². The van der Waals surface area contributed by atoms with Crippen molar-refractivity contribution in [3.05, 3.63) is 66.7 Å². The van der Waals surface area contributed by atoms with Crippen LogP contribution in [-0.4, -0.2) is 0 Å². The highest BCUT2D eigenvalue weighted by Crippen LogP contribution is 2.32. The van der Waals surface area contributed by atoms with Crippen molar-refractivity contribution in [2.75, 3.05) is 5.73 Å². The summed E-state index contributed by atoms with van der Waals surface area (Å²) < 4.78 is 0. The Balaban J connectivity index is 0.000000125. The molecule has 0 unspecified atom stereocenters. The fourth-order valence-corrected chi connectivity index (χ4v) is 1.88. The van der Waals surface area contributed by atoms with E-state index in [4.69, 9.17) is 5.73 Å². The Morgan fingerprint density at radius 3 is 1.88 bits per heavy atom. The molecule has 0 aromatic heterocycles. The van der Waals surface area contributed by atoms with Gasteiger partial charge in [0, 0.05) is 5.69 Å². The molecule has 2 aromatic carbocycles. The van der Waals surface area contributed by atoms with Crippen LogP contribution in [0.5, 0.6) is 0 Å². The van der Waals surface area contributed by atoms with Gasteiger partial charge in [-0.25, -0.2) is 0 Å². The van der Waals surface area contributed by atoms with E-state index in [1.165, 1.54) is 21.9 Å². The van der Waals surface area contributed by atoms with Crippen LogP contribution in [0.25, 0.3) is 21.9 Å². The maximum Gasteiger partial charge on any atom is 0.0320 e. The summed E-state index contributed by atoms with van der Waals surface area (Å²) >= 11 is 0. The summed E-state index contributed by atoms with van der Waals surface area (Å²) in [5, 5.41) is 2.44. The third kappa shape index (κ3) is 2.13. The zero-order valence-electron chi connectivity index (χ0n) is 9.43. The normalized spacial score (nSPS) is 10.6. The molecule has 17 heavy (non-hydrogen) atoms. The Bertz CT molecular complexity index is 654. The number of anilines is 1. The van der Waals surface area contributed by atoms with Gasteiger partial charge >= 0.3 is 0 Å². The predicted octanol–water partition coefficient (Wildman–Crippen LogP) is 4.09. The lowest BCUT2D eigenvalue weighted by molar-refractivity contribution is 1.73. The molecule has 0 bridgehead atoms. The van der Waals surface area contributed by atoms with E-state index in [-0.39, 0.29) is 0 Å². The molecule has 2 aromatic rings. The van der Waals surface area contributed by atoms with Crippen LogP contribution in [0.2, 0.25) is 0 Å². The number of nitrogens with two attached hydrogens (primary N) is 1. The van der Waals surface area contributed by atoms with Gasteiger partial charge in [0.2, 0.25) is 0 Å². The summed E-state index contributed by atoms with van der Waals surface area (Å²) in [7, 11) is 0. The molecule has 2 aliphatic carbocycles. The van der Waals surface area contributed by atoms with Crippen LogP contribution >= 0.6 is 0 Å². The summed E-state index contributed by atoms with van der Waals surface area (Å²) in [6.45, 7) is 0. The van der Waals surface area contributed by atoms with Crippen LogP contribution < -0.4 is 5.73 Å². The second-order valence-electron chi connectivity index (χ2n) is 4.19. The predicted molar refractivity (Wildman–Crippen MR) is 73.8 cm³/mol. The number of fused-ring (bicyclic) bond motifs is 2. The fourth-order valence-electron chi connectivity index (χ4n) is 1.88. The van der Waals surface area contributed by atoms with Crippen LogP contribution in [0, 0.1) is 0 Å². The number of rotatable bonds is 0. The monoisotopic (exact) mass is 219 g/mol. The molecule has 0 radical (unpaired) electrons. The Hall–Kier alpha value is -2.28. The van der Waals surface area contributed by atoms with Gasteiger partial charge < -0.3 is 5.73 Å². The number of hydrogen-bond donors (Lipinski definition) is 1. The lowest BCUT2D eigenvalue weighted by Gasteiger charge is -1.96. The number of benzene rings is 3. The molecule has 0 saturated heterocycles. The minimum Gasteiger partial charge on any atom is -0.399 e. The highest BCUT2D eigenvalue weighted by Gasteiger charge is 2.06. The van der Waals surface area contributed by atoms with Crippen molar-refractivity contribution < 1.29 is 0 Å². The van der Waals surface area contributed by atoms with Crippen molar-refractivity contribution >= 4 is 16.5 Å². The molecule has 0 heterocycles.